The Labute approximate surface area is 127 Å². The second-order valence-electron chi connectivity index (χ2n) is 7.27. The zero-order valence-corrected chi connectivity index (χ0v) is 13.1. The molecule has 0 spiro atoms. The van der Waals surface area contributed by atoms with Crippen molar-refractivity contribution in [3.05, 3.63) is 0 Å². The van der Waals surface area contributed by atoms with E-state index in [1.165, 1.54) is 12.8 Å². The van der Waals surface area contributed by atoms with Crippen molar-refractivity contribution in [3.8, 4) is 0 Å². The van der Waals surface area contributed by atoms with Crippen LogP contribution in [0.25, 0.3) is 0 Å². The standard InChI is InChI=1S/C16H28N2O3/c1-15(20)6-7-17(13-15)14(19)12-16(4-2-3-5-16)18-8-10-21-11-9-18/h20H,2-13H2,1H3. The number of hydrogen-bond acceptors (Lipinski definition) is 4. The Kier molecular flexibility index (Phi) is 4.26. The van der Waals surface area contributed by atoms with Crippen LogP contribution < -0.4 is 0 Å². The molecule has 3 aliphatic rings. The van der Waals surface area contributed by atoms with Gasteiger partial charge in [-0.25, -0.2) is 0 Å². The van der Waals surface area contributed by atoms with E-state index in [0.717, 1.165) is 39.1 Å². The summed E-state index contributed by atoms with van der Waals surface area (Å²) in [5, 5.41) is 10.1. The third-order valence-electron chi connectivity index (χ3n) is 5.50. The first-order valence-electron chi connectivity index (χ1n) is 8.34. The molecule has 0 aromatic carbocycles. The summed E-state index contributed by atoms with van der Waals surface area (Å²) in [5.74, 6) is 0.223. The number of likely N-dealkylation sites (tertiary alicyclic amines) is 1. The number of aliphatic hydroxyl groups is 1. The van der Waals surface area contributed by atoms with Crippen molar-refractivity contribution in [3.63, 3.8) is 0 Å². The van der Waals surface area contributed by atoms with Crippen LogP contribution in [0.2, 0.25) is 0 Å². The summed E-state index contributed by atoms with van der Waals surface area (Å²) in [6.45, 7) is 6.49. The number of carbonyl (C=O) groups excluding carboxylic acids is 1. The van der Waals surface area contributed by atoms with Gasteiger partial charge in [-0.15, -0.1) is 0 Å². The van der Waals surface area contributed by atoms with Crippen molar-refractivity contribution < 1.29 is 14.6 Å². The van der Waals surface area contributed by atoms with Gasteiger partial charge in [0.1, 0.15) is 0 Å². The monoisotopic (exact) mass is 296 g/mol. The maximum absolute atomic E-state index is 12.7. The number of ether oxygens (including phenoxy) is 1. The van der Waals surface area contributed by atoms with Gasteiger partial charge in [0.2, 0.25) is 5.91 Å². The Morgan fingerprint density at radius 2 is 1.81 bits per heavy atom. The molecule has 3 rings (SSSR count). The van der Waals surface area contributed by atoms with Crippen LogP contribution in [0.3, 0.4) is 0 Å². The third-order valence-corrected chi connectivity index (χ3v) is 5.50. The molecule has 1 saturated carbocycles. The first-order valence-corrected chi connectivity index (χ1v) is 8.34. The summed E-state index contributed by atoms with van der Waals surface area (Å²) >= 11 is 0. The van der Waals surface area contributed by atoms with Gasteiger partial charge in [0.05, 0.1) is 18.8 Å². The van der Waals surface area contributed by atoms with Crippen molar-refractivity contribution in [2.24, 2.45) is 0 Å². The predicted molar refractivity (Wildman–Crippen MR) is 80.0 cm³/mol. The molecule has 3 fully saturated rings. The lowest BCUT2D eigenvalue weighted by Gasteiger charge is -2.43. The van der Waals surface area contributed by atoms with E-state index in [-0.39, 0.29) is 11.4 Å². The van der Waals surface area contributed by atoms with Crippen molar-refractivity contribution in [1.82, 2.24) is 9.80 Å². The molecule has 2 aliphatic heterocycles. The van der Waals surface area contributed by atoms with Gasteiger partial charge >= 0.3 is 0 Å². The number of nitrogens with zero attached hydrogens (tertiary/aromatic N) is 2. The molecule has 0 bridgehead atoms. The minimum atomic E-state index is -0.697. The largest absolute Gasteiger partial charge is 0.388 e. The summed E-state index contributed by atoms with van der Waals surface area (Å²) < 4.78 is 5.47. The van der Waals surface area contributed by atoms with Crippen LogP contribution in [0.4, 0.5) is 0 Å². The van der Waals surface area contributed by atoms with Crippen LogP contribution in [0.1, 0.15) is 45.4 Å². The van der Waals surface area contributed by atoms with Crippen LogP contribution in [0.15, 0.2) is 0 Å². The Bertz CT molecular complexity index is 385. The zero-order chi connectivity index (χ0) is 14.9. The second-order valence-corrected chi connectivity index (χ2v) is 7.27. The van der Waals surface area contributed by atoms with Crippen LogP contribution >= 0.6 is 0 Å². The molecular formula is C16H28N2O3. The lowest BCUT2D eigenvalue weighted by atomic mass is 9.89. The predicted octanol–water partition coefficient (Wildman–Crippen LogP) is 1.00. The van der Waals surface area contributed by atoms with Crippen molar-refractivity contribution in [2.45, 2.75) is 56.6 Å². The van der Waals surface area contributed by atoms with E-state index in [1.807, 2.05) is 11.8 Å². The number of rotatable bonds is 3. The first kappa shape index (κ1) is 15.3. The normalized spacial score (nSPS) is 33.5. The molecule has 21 heavy (non-hydrogen) atoms. The van der Waals surface area contributed by atoms with Crippen molar-refractivity contribution in [2.75, 3.05) is 39.4 Å². The Balaban J connectivity index is 1.66. The van der Waals surface area contributed by atoms with E-state index < -0.39 is 5.60 Å². The quantitative estimate of drug-likeness (QED) is 0.844. The highest BCUT2D eigenvalue weighted by atomic mass is 16.5. The van der Waals surface area contributed by atoms with Gasteiger partial charge in [-0.1, -0.05) is 12.8 Å². The number of hydrogen-bond donors (Lipinski definition) is 1. The molecule has 1 unspecified atom stereocenters. The summed E-state index contributed by atoms with van der Waals surface area (Å²) in [6.07, 6.45) is 6.02. The van der Waals surface area contributed by atoms with Crippen molar-refractivity contribution in [1.29, 1.82) is 0 Å². The summed E-state index contributed by atoms with van der Waals surface area (Å²) in [4.78, 5) is 17.1. The molecule has 2 heterocycles. The molecule has 2 saturated heterocycles. The van der Waals surface area contributed by atoms with Crippen LogP contribution in [-0.4, -0.2) is 71.3 Å². The Morgan fingerprint density at radius 3 is 2.38 bits per heavy atom. The van der Waals surface area contributed by atoms with E-state index in [1.54, 1.807) is 0 Å². The van der Waals surface area contributed by atoms with Crippen LogP contribution in [-0.2, 0) is 9.53 Å². The molecule has 120 valence electrons. The summed E-state index contributed by atoms with van der Waals surface area (Å²) in [5.41, 5.74) is -0.646. The zero-order valence-electron chi connectivity index (χ0n) is 13.1. The first-order chi connectivity index (χ1) is 10.0. The highest BCUT2D eigenvalue weighted by Gasteiger charge is 2.44. The van der Waals surface area contributed by atoms with Gasteiger partial charge in [-0.3, -0.25) is 9.69 Å². The highest BCUT2D eigenvalue weighted by molar-refractivity contribution is 5.78. The molecular weight excluding hydrogens is 268 g/mol. The van der Waals surface area contributed by atoms with Crippen LogP contribution in [0.5, 0.6) is 0 Å². The van der Waals surface area contributed by atoms with E-state index in [4.69, 9.17) is 4.74 Å². The Morgan fingerprint density at radius 1 is 1.14 bits per heavy atom. The molecule has 1 aliphatic carbocycles. The van der Waals surface area contributed by atoms with Gasteiger partial charge in [0.15, 0.2) is 0 Å². The van der Waals surface area contributed by atoms with Gasteiger partial charge in [0.25, 0.3) is 0 Å². The lowest BCUT2D eigenvalue weighted by molar-refractivity contribution is -0.135. The van der Waals surface area contributed by atoms with Gasteiger partial charge < -0.3 is 14.7 Å². The molecule has 1 amide bonds. The minimum Gasteiger partial charge on any atom is -0.388 e. The summed E-state index contributed by atoms with van der Waals surface area (Å²) in [6, 6.07) is 0. The second kappa shape index (κ2) is 5.86. The molecule has 0 aromatic rings. The maximum atomic E-state index is 12.7. The topological polar surface area (TPSA) is 53.0 Å². The third kappa shape index (κ3) is 3.25. The SMILES string of the molecule is CC1(O)CCN(C(=O)CC2(N3CCOCC3)CCCC2)C1. The molecule has 1 N–H and O–H groups in total. The Hall–Kier alpha value is -0.650. The minimum absolute atomic E-state index is 0.0509. The van der Waals surface area contributed by atoms with Gasteiger partial charge in [-0.05, 0) is 26.2 Å². The molecule has 5 heteroatoms. The average molecular weight is 296 g/mol. The fourth-order valence-electron chi connectivity index (χ4n) is 4.23. The number of morpholine rings is 1. The molecule has 0 aromatic heterocycles. The maximum Gasteiger partial charge on any atom is 0.224 e. The molecule has 1 atom stereocenters. The van der Waals surface area contributed by atoms with E-state index in [2.05, 4.69) is 4.90 Å². The smallest absolute Gasteiger partial charge is 0.224 e. The van der Waals surface area contributed by atoms with E-state index in [0.29, 0.717) is 25.9 Å². The molecule has 0 radical (unpaired) electrons. The number of β-amino-alcohol motifs (C(OH)–C–C–N with tert-alkyl or cyclic N) is 1. The molecule has 5 nitrogen and oxygen atoms in total. The average Bonchev–Trinajstić information content (AvgIpc) is 3.07. The van der Waals surface area contributed by atoms with E-state index in [9.17, 15) is 9.90 Å². The van der Waals surface area contributed by atoms with Gasteiger partial charge in [-0.2, -0.15) is 0 Å². The van der Waals surface area contributed by atoms with E-state index >= 15 is 0 Å². The fraction of sp³-hybridized carbons (Fsp3) is 0.938. The number of amides is 1. The lowest BCUT2D eigenvalue weighted by Crippen LogP contribution is -2.54. The highest BCUT2D eigenvalue weighted by Crippen LogP contribution is 2.39. The van der Waals surface area contributed by atoms with Crippen molar-refractivity contribution >= 4 is 5.91 Å². The van der Waals surface area contributed by atoms with Crippen LogP contribution in [0, 0.1) is 0 Å². The number of carbonyl (C=O) groups is 1. The summed E-state index contributed by atoms with van der Waals surface area (Å²) in [7, 11) is 0. The van der Waals surface area contributed by atoms with Gasteiger partial charge in [0, 0.05) is 38.1 Å². The fourth-order valence-corrected chi connectivity index (χ4v) is 4.23.